The first-order valence-electron chi connectivity index (χ1n) is 9.88. The van der Waals surface area contributed by atoms with Gasteiger partial charge in [0.05, 0.1) is 0 Å². The highest BCUT2D eigenvalue weighted by Gasteiger charge is 2.16. The van der Waals surface area contributed by atoms with Gasteiger partial charge in [0.25, 0.3) is 0 Å². The van der Waals surface area contributed by atoms with Crippen LogP contribution in [0.2, 0.25) is 0 Å². The standard InChI is InChI=1S/C19H38Cl3N/c1-2-3-4-5-6-7-8-9-10-11-12-13-14-15-16-17-18-23-19(20,21)22/h23H,2-18H2,1H3. The molecule has 0 atom stereocenters. The molecule has 0 aromatic heterocycles. The molecule has 0 aromatic rings. The van der Waals surface area contributed by atoms with E-state index in [2.05, 4.69) is 12.2 Å². The lowest BCUT2D eigenvalue weighted by atomic mass is 10.0. The monoisotopic (exact) mass is 385 g/mol. The summed E-state index contributed by atoms with van der Waals surface area (Å²) >= 11 is 16.9. The smallest absolute Gasteiger partial charge is 0.245 e. The van der Waals surface area contributed by atoms with Crippen LogP contribution in [0.5, 0.6) is 0 Å². The largest absolute Gasteiger partial charge is 0.273 e. The van der Waals surface area contributed by atoms with Crippen LogP contribution in [-0.4, -0.2) is 10.5 Å². The van der Waals surface area contributed by atoms with Gasteiger partial charge in [0.1, 0.15) is 0 Å². The van der Waals surface area contributed by atoms with Gasteiger partial charge in [-0.3, -0.25) is 5.32 Å². The zero-order chi connectivity index (χ0) is 17.2. The third kappa shape index (κ3) is 22.8. The molecule has 23 heavy (non-hydrogen) atoms. The van der Waals surface area contributed by atoms with Gasteiger partial charge in [0, 0.05) is 0 Å². The van der Waals surface area contributed by atoms with E-state index in [0.717, 1.165) is 13.0 Å². The Kier molecular flexibility index (Phi) is 18.3. The number of hydrogen-bond acceptors (Lipinski definition) is 1. The number of alkyl halides is 3. The Balaban J connectivity index is 3.00. The Labute approximate surface area is 160 Å². The predicted octanol–water partition coefficient (Wildman–Crippen LogP) is 8.17. The SMILES string of the molecule is CCCCCCCCCCCCCCCCCCNC(Cl)(Cl)Cl. The average molecular weight is 387 g/mol. The minimum Gasteiger partial charge on any atom is -0.273 e. The molecule has 4 heteroatoms. The van der Waals surface area contributed by atoms with Crippen LogP contribution >= 0.6 is 34.8 Å². The molecule has 0 rings (SSSR count). The topological polar surface area (TPSA) is 12.0 Å². The lowest BCUT2D eigenvalue weighted by molar-refractivity contribution is 0.526. The lowest BCUT2D eigenvalue weighted by Gasteiger charge is -2.12. The minimum absolute atomic E-state index is 0.787. The van der Waals surface area contributed by atoms with Crippen molar-refractivity contribution >= 4 is 34.8 Å². The van der Waals surface area contributed by atoms with Crippen molar-refractivity contribution in [3.05, 3.63) is 0 Å². The Morgan fingerprint density at radius 2 is 0.826 bits per heavy atom. The molecule has 0 unspecified atom stereocenters. The van der Waals surface area contributed by atoms with Crippen molar-refractivity contribution in [2.45, 2.75) is 114 Å². The molecule has 0 saturated heterocycles. The van der Waals surface area contributed by atoms with Crippen LogP contribution in [-0.2, 0) is 0 Å². The lowest BCUT2D eigenvalue weighted by Crippen LogP contribution is -2.28. The molecule has 0 aliphatic rings. The maximum atomic E-state index is 5.62. The molecule has 1 N–H and O–H groups in total. The van der Waals surface area contributed by atoms with E-state index in [-0.39, 0.29) is 0 Å². The van der Waals surface area contributed by atoms with E-state index in [4.69, 9.17) is 34.8 Å². The fourth-order valence-electron chi connectivity index (χ4n) is 2.90. The molecule has 0 saturated carbocycles. The fourth-order valence-corrected chi connectivity index (χ4v) is 3.19. The molecule has 0 radical (unpaired) electrons. The zero-order valence-electron chi connectivity index (χ0n) is 15.2. The van der Waals surface area contributed by atoms with Gasteiger partial charge in [-0.2, -0.15) is 0 Å². The van der Waals surface area contributed by atoms with Gasteiger partial charge in [0.2, 0.25) is 3.92 Å². The van der Waals surface area contributed by atoms with Crippen LogP contribution in [0, 0.1) is 0 Å². The van der Waals surface area contributed by atoms with E-state index in [1.807, 2.05) is 0 Å². The van der Waals surface area contributed by atoms with E-state index in [9.17, 15) is 0 Å². The zero-order valence-corrected chi connectivity index (χ0v) is 17.4. The van der Waals surface area contributed by atoms with Gasteiger partial charge in [0.15, 0.2) is 0 Å². The summed E-state index contributed by atoms with van der Waals surface area (Å²) in [6.07, 6.45) is 22.1. The van der Waals surface area contributed by atoms with Crippen LogP contribution in [0.25, 0.3) is 0 Å². The maximum absolute atomic E-state index is 5.62. The maximum Gasteiger partial charge on any atom is 0.245 e. The highest BCUT2D eigenvalue weighted by atomic mass is 35.6. The van der Waals surface area contributed by atoms with Crippen LogP contribution in [0.4, 0.5) is 0 Å². The third-order valence-corrected chi connectivity index (χ3v) is 4.76. The van der Waals surface area contributed by atoms with Gasteiger partial charge in [-0.15, -0.1) is 0 Å². The number of unbranched alkanes of at least 4 members (excludes halogenated alkanes) is 15. The molecule has 0 spiro atoms. The van der Waals surface area contributed by atoms with Gasteiger partial charge >= 0.3 is 0 Å². The molecule has 0 fully saturated rings. The quantitative estimate of drug-likeness (QED) is 0.151. The highest BCUT2D eigenvalue weighted by molar-refractivity contribution is 6.67. The van der Waals surface area contributed by atoms with Gasteiger partial charge in [-0.25, -0.2) is 0 Å². The molecule has 0 bridgehead atoms. The van der Waals surface area contributed by atoms with E-state index in [1.165, 1.54) is 96.3 Å². The first-order chi connectivity index (χ1) is 11.1. The average Bonchev–Trinajstić information content (AvgIpc) is 2.49. The molecule has 0 aromatic carbocycles. The molecule has 0 aliphatic carbocycles. The molecule has 0 amide bonds. The Morgan fingerprint density at radius 3 is 1.13 bits per heavy atom. The van der Waals surface area contributed by atoms with Gasteiger partial charge < -0.3 is 0 Å². The highest BCUT2D eigenvalue weighted by Crippen LogP contribution is 2.21. The number of rotatable bonds is 17. The second kappa shape index (κ2) is 17.6. The van der Waals surface area contributed by atoms with Gasteiger partial charge in [-0.1, -0.05) is 138 Å². The van der Waals surface area contributed by atoms with E-state index in [0.29, 0.717) is 0 Å². The minimum atomic E-state index is -1.30. The Bertz CT molecular complexity index is 229. The van der Waals surface area contributed by atoms with E-state index < -0.39 is 3.92 Å². The van der Waals surface area contributed by atoms with Crippen molar-refractivity contribution in [2.75, 3.05) is 6.54 Å². The summed E-state index contributed by atoms with van der Waals surface area (Å²) < 4.78 is -1.30. The first kappa shape index (κ1) is 23.8. The summed E-state index contributed by atoms with van der Waals surface area (Å²) in [5.41, 5.74) is 0. The third-order valence-electron chi connectivity index (χ3n) is 4.36. The van der Waals surface area contributed by atoms with Crippen molar-refractivity contribution < 1.29 is 0 Å². The molecule has 140 valence electrons. The summed E-state index contributed by atoms with van der Waals surface area (Å²) in [6.45, 7) is 3.07. The number of hydrogen-bond donors (Lipinski definition) is 1. The van der Waals surface area contributed by atoms with E-state index in [1.54, 1.807) is 0 Å². The van der Waals surface area contributed by atoms with Crippen LogP contribution < -0.4 is 5.32 Å². The Hall–Kier alpha value is 0.830. The predicted molar refractivity (Wildman–Crippen MR) is 108 cm³/mol. The summed E-state index contributed by atoms with van der Waals surface area (Å²) in [4.78, 5) is 0. The summed E-state index contributed by atoms with van der Waals surface area (Å²) in [5.74, 6) is 0. The van der Waals surface area contributed by atoms with Crippen molar-refractivity contribution in [3.63, 3.8) is 0 Å². The van der Waals surface area contributed by atoms with Crippen LogP contribution in [0.3, 0.4) is 0 Å². The second-order valence-electron chi connectivity index (χ2n) is 6.73. The van der Waals surface area contributed by atoms with Crippen molar-refractivity contribution in [1.82, 2.24) is 5.32 Å². The molecule has 1 nitrogen and oxygen atoms in total. The van der Waals surface area contributed by atoms with E-state index >= 15 is 0 Å². The Morgan fingerprint density at radius 1 is 0.522 bits per heavy atom. The second-order valence-corrected chi connectivity index (χ2v) is 9.01. The van der Waals surface area contributed by atoms with Crippen molar-refractivity contribution in [1.29, 1.82) is 0 Å². The van der Waals surface area contributed by atoms with Crippen LogP contribution in [0.1, 0.15) is 110 Å². The fraction of sp³-hybridized carbons (Fsp3) is 1.00. The summed E-state index contributed by atoms with van der Waals surface area (Å²) in [6, 6.07) is 0. The number of halogens is 3. The first-order valence-corrected chi connectivity index (χ1v) is 11.0. The molecular weight excluding hydrogens is 349 g/mol. The van der Waals surface area contributed by atoms with Crippen LogP contribution in [0.15, 0.2) is 0 Å². The summed E-state index contributed by atoms with van der Waals surface area (Å²) in [5, 5.41) is 2.87. The molecule has 0 aliphatic heterocycles. The van der Waals surface area contributed by atoms with Crippen molar-refractivity contribution in [3.8, 4) is 0 Å². The summed E-state index contributed by atoms with van der Waals surface area (Å²) in [7, 11) is 0. The molecular formula is C19H38Cl3N. The van der Waals surface area contributed by atoms with Crippen molar-refractivity contribution in [2.24, 2.45) is 0 Å². The van der Waals surface area contributed by atoms with Gasteiger partial charge in [-0.05, 0) is 13.0 Å². The molecule has 0 heterocycles. The number of nitrogens with one attached hydrogen (secondary N) is 1. The normalized spacial score (nSPS) is 12.0.